The number of nitrogens with zero attached hydrogens (tertiary/aromatic N) is 2. The monoisotopic (exact) mass is 245 g/mol. The Labute approximate surface area is 107 Å². The first-order chi connectivity index (χ1) is 8.60. The number of anilines is 1. The summed E-state index contributed by atoms with van der Waals surface area (Å²) in [4.78, 5) is 4.31. The molecule has 2 rings (SSSR count). The van der Waals surface area contributed by atoms with Crippen molar-refractivity contribution in [2.75, 3.05) is 5.73 Å². The van der Waals surface area contributed by atoms with Crippen LogP contribution in [0.3, 0.4) is 0 Å². The average molecular weight is 245 g/mol. The van der Waals surface area contributed by atoms with E-state index in [4.69, 9.17) is 10.5 Å². The fraction of sp³-hybridized carbons (Fsp3) is 0.357. The molecule has 18 heavy (non-hydrogen) atoms. The Kier molecular flexibility index (Phi) is 3.55. The first kappa shape index (κ1) is 12.5. The van der Waals surface area contributed by atoms with Crippen molar-refractivity contribution in [1.82, 2.24) is 9.55 Å². The molecule has 4 heteroatoms. The molecule has 2 aromatic rings. The molecule has 0 fully saturated rings. The normalized spacial score (nSPS) is 10.9. The van der Waals surface area contributed by atoms with Gasteiger partial charge in [0.25, 0.3) is 0 Å². The van der Waals surface area contributed by atoms with Crippen LogP contribution in [0.4, 0.5) is 5.69 Å². The van der Waals surface area contributed by atoms with Crippen LogP contribution in [-0.2, 0) is 6.42 Å². The van der Waals surface area contributed by atoms with Gasteiger partial charge in [0, 0.05) is 36.6 Å². The quantitative estimate of drug-likeness (QED) is 0.843. The van der Waals surface area contributed by atoms with Gasteiger partial charge in [0.05, 0.1) is 11.8 Å². The van der Waals surface area contributed by atoms with E-state index < -0.39 is 0 Å². The van der Waals surface area contributed by atoms with Gasteiger partial charge in [0.15, 0.2) is 0 Å². The molecule has 0 radical (unpaired) electrons. The number of nitrogen functional groups attached to an aromatic ring is 1. The zero-order chi connectivity index (χ0) is 13.1. The predicted octanol–water partition coefficient (Wildman–Crippen LogP) is 2.80. The van der Waals surface area contributed by atoms with Gasteiger partial charge in [-0.1, -0.05) is 6.92 Å². The average Bonchev–Trinajstić information content (AvgIpc) is 2.75. The molecule has 0 saturated heterocycles. The summed E-state index contributed by atoms with van der Waals surface area (Å²) in [6, 6.07) is 5.75. The molecule has 0 bridgehead atoms. The molecular weight excluding hydrogens is 226 g/mol. The Bertz CT molecular complexity index is 532. The summed E-state index contributed by atoms with van der Waals surface area (Å²) in [5.74, 6) is 1.80. The second kappa shape index (κ2) is 5.12. The molecule has 0 unspecified atom stereocenters. The van der Waals surface area contributed by atoms with E-state index in [1.807, 2.05) is 42.8 Å². The largest absolute Gasteiger partial charge is 0.491 e. The Balaban J connectivity index is 2.42. The Morgan fingerprint density at radius 1 is 1.33 bits per heavy atom. The van der Waals surface area contributed by atoms with Gasteiger partial charge in [-0.3, -0.25) is 0 Å². The van der Waals surface area contributed by atoms with Gasteiger partial charge >= 0.3 is 0 Å². The van der Waals surface area contributed by atoms with Crippen molar-refractivity contribution in [3.63, 3.8) is 0 Å². The van der Waals surface area contributed by atoms with E-state index in [-0.39, 0.29) is 6.10 Å². The highest BCUT2D eigenvalue weighted by Gasteiger charge is 2.07. The Morgan fingerprint density at radius 2 is 2.11 bits per heavy atom. The van der Waals surface area contributed by atoms with Gasteiger partial charge in [-0.15, -0.1) is 0 Å². The number of hydrogen-bond acceptors (Lipinski definition) is 3. The fourth-order valence-corrected chi connectivity index (χ4v) is 1.92. The molecule has 0 spiro atoms. The minimum absolute atomic E-state index is 0.132. The van der Waals surface area contributed by atoms with Crippen molar-refractivity contribution in [2.45, 2.75) is 33.3 Å². The lowest BCUT2D eigenvalue weighted by atomic mass is 10.2. The predicted molar refractivity (Wildman–Crippen MR) is 73.1 cm³/mol. The van der Waals surface area contributed by atoms with Crippen molar-refractivity contribution in [1.29, 1.82) is 0 Å². The Hall–Kier alpha value is -1.97. The summed E-state index contributed by atoms with van der Waals surface area (Å²) in [7, 11) is 0. The number of aromatic nitrogens is 2. The van der Waals surface area contributed by atoms with Crippen molar-refractivity contribution >= 4 is 5.69 Å². The van der Waals surface area contributed by atoms with Crippen LogP contribution in [0.15, 0.2) is 30.6 Å². The third kappa shape index (κ3) is 2.64. The van der Waals surface area contributed by atoms with E-state index in [9.17, 15) is 0 Å². The molecule has 0 atom stereocenters. The summed E-state index contributed by atoms with van der Waals surface area (Å²) < 4.78 is 7.72. The number of aryl methyl sites for hydroxylation is 1. The van der Waals surface area contributed by atoms with Crippen LogP contribution in [0, 0.1) is 0 Å². The van der Waals surface area contributed by atoms with Crippen molar-refractivity contribution in [3.8, 4) is 11.4 Å². The third-order valence-corrected chi connectivity index (χ3v) is 2.60. The van der Waals surface area contributed by atoms with E-state index in [1.165, 1.54) is 0 Å². The highest BCUT2D eigenvalue weighted by atomic mass is 16.5. The van der Waals surface area contributed by atoms with E-state index in [2.05, 4.69) is 11.9 Å². The SMILES string of the molecule is CCc1nccn1-c1cc(N)cc(OC(C)C)c1. The number of hydrogen-bond donors (Lipinski definition) is 1. The van der Waals surface area contributed by atoms with Gasteiger partial charge < -0.3 is 15.0 Å². The lowest BCUT2D eigenvalue weighted by Crippen LogP contribution is -2.07. The van der Waals surface area contributed by atoms with Gasteiger partial charge in [0.1, 0.15) is 11.6 Å². The van der Waals surface area contributed by atoms with Crippen LogP contribution in [0.1, 0.15) is 26.6 Å². The topological polar surface area (TPSA) is 53.1 Å². The molecule has 96 valence electrons. The van der Waals surface area contributed by atoms with Crippen LogP contribution in [-0.4, -0.2) is 15.7 Å². The van der Waals surface area contributed by atoms with Crippen LogP contribution < -0.4 is 10.5 Å². The zero-order valence-electron chi connectivity index (χ0n) is 11.1. The highest BCUT2D eigenvalue weighted by molar-refractivity contribution is 5.54. The van der Waals surface area contributed by atoms with Crippen molar-refractivity contribution < 1.29 is 4.74 Å². The maximum atomic E-state index is 5.92. The molecule has 0 saturated carbocycles. The molecule has 1 heterocycles. The summed E-state index contributed by atoms with van der Waals surface area (Å²) in [6.07, 6.45) is 4.74. The smallest absolute Gasteiger partial charge is 0.123 e. The van der Waals surface area contributed by atoms with Gasteiger partial charge in [-0.25, -0.2) is 4.98 Å². The van der Waals surface area contributed by atoms with E-state index in [0.29, 0.717) is 5.69 Å². The first-order valence-electron chi connectivity index (χ1n) is 6.20. The Morgan fingerprint density at radius 3 is 2.78 bits per heavy atom. The fourth-order valence-electron chi connectivity index (χ4n) is 1.92. The lowest BCUT2D eigenvalue weighted by molar-refractivity contribution is 0.242. The maximum Gasteiger partial charge on any atom is 0.123 e. The van der Waals surface area contributed by atoms with E-state index in [0.717, 1.165) is 23.7 Å². The summed E-state index contributed by atoms with van der Waals surface area (Å²) >= 11 is 0. The van der Waals surface area contributed by atoms with Crippen LogP contribution >= 0.6 is 0 Å². The van der Waals surface area contributed by atoms with E-state index in [1.54, 1.807) is 6.20 Å². The second-order valence-electron chi connectivity index (χ2n) is 4.49. The summed E-state index contributed by atoms with van der Waals surface area (Å²) in [6.45, 7) is 6.08. The van der Waals surface area contributed by atoms with Gasteiger partial charge in [-0.05, 0) is 19.9 Å². The molecular formula is C14H19N3O. The second-order valence-corrected chi connectivity index (χ2v) is 4.49. The lowest BCUT2D eigenvalue weighted by Gasteiger charge is -2.13. The molecule has 4 nitrogen and oxygen atoms in total. The molecule has 0 aliphatic rings. The number of imidazole rings is 1. The molecule has 0 aliphatic heterocycles. The highest BCUT2D eigenvalue weighted by Crippen LogP contribution is 2.23. The standard InChI is InChI=1S/C14H19N3O/c1-4-14-16-5-6-17(14)12-7-11(15)8-13(9-12)18-10(2)3/h5-10H,4,15H2,1-3H3. The number of nitrogens with two attached hydrogens (primary N) is 1. The van der Waals surface area contributed by atoms with Crippen molar-refractivity contribution in [3.05, 3.63) is 36.4 Å². The van der Waals surface area contributed by atoms with Crippen LogP contribution in [0.2, 0.25) is 0 Å². The molecule has 1 aromatic carbocycles. The number of benzene rings is 1. The van der Waals surface area contributed by atoms with Crippen LogP contribution in [0.5, 0.6) is 5.75 Å². The summed E-state index contributed by atoms with van der Waals surface area (Å²) in [5.41, 5.74) is 7.60. The number of ether oxygens (including phenoxy) is 1. The minimum atomic E-state index is 0.132. The number of rotatable bonds is 4. The molecule has 2 N–H and O–H groups in total. The molecule has 0 amide bonds. The third-order valence-electron chi connectivity index (χ3n) is 2.60. The first-order valence-corrected chi connectivity index (χ1v) is 6.20. The van der Waals surface area contributed by atoms with Crippen LogP contribution in [0.25, 0.3) is 5.69 Å². The molecule has 1 aromatic heterocycles. The summed E-state index contributed by atoms with van der Waals surface area (Å²) in [5, 5.41) is 0. The minimum Gasteiger partial charge on any atom is -0.491 e. The van der Waals surface area contributed by atoms with Crippen molar-refractivity contribution in [2.24, 2.45) is 0 Å². The van der Waals surface area contributed by atoms with Gasteiger partial charge in [-0.2, -0.15) is 0 Å². The maximum absolute atomic E-state index is 5.92. The molecule has 0 aliphatic carbocycles. The van der Waals surface area contributed by atoms with E-state index >= 15 is 0 Å². The zero-order valence-corrected chi connectivity index (χ0v) is 11.1. The van der Waals surface area contributed by atoms with Gasteiger partial charge in [0.2, 0.25) is 0 Å².